The summed E-state index contributed by atoms with van der Waals surface area (Å²) in [4.78, 5) is 13.2. The first-order chi connectivity index (χ1) is 8.04. The van der Waals surface area contributed by atoms with Crippen LogP contribution in [0.1, 0.15) is 12.5 Å². The number of nitrogens with zero attached hydrogens (tertiary/aromatic N) is 1. The number of hydrogen-bond donors (Lipinski definition) is 1. The van der Waals surface area contributed by atoms with E-state index in [1.165, 1.54) is 0 Å². The molecule has 1 aromatic rings. The Balaban J connectivity index is 2.41. The van der Waals surface area contributed by atoms with E-state index in [1.54, 1.807) is 11.9 Å². The highest BCUT2D eigenvalue weighted by Crippen LogP contribution is 2.22. The van der Waals surface area contributed by atoms with Gasteiger partial charge in [0, 0.05) is 24.6 Å². The lowest BCUT2D eigenvalue weighted by Crippen LogP contribution is -2.35. The van der Waals surface area contributed by atoms with E-state index in [0.717, 1.165) is 16.6 Å². The van der Waals surface area contributed by atoms with Crippen LogP contribution >= 0.6 is 27.5 Å². The maximum atomic E-state index is 11.5. The number of rotatable bonds is 5. The van der Waals surface area contributed by atoms with Crippen LogP contribution < -0.4 is 5.32 Å². The van der Waals surface area contributed by atoms with Gasteiger partial charge >= 0.3 is 0 Å². The Labute approximate surface area is 115 Å². The van der Waals surface area contributed by atoms with Gasteiger partial charge in [-0.05, 0) is 40.5 Å². The summed E-state index contributed by atoms with van der Waals surface area (Å²) in [5.74, 6) is 0.0932. The van der Waals surface area contributed by atoms with E-state index in [9.17, 15) is 4.79 Å². The molecule has 0 aromatic heterocycles. The second-order valence-electron chi connectivity index (χ2n) is 3.76. The van der Waals surface area contributed by atoms with Crippen LogP contribution in [0.4, 0.5) is 0 Å². The number of nitrogens with one attached hydrogen (secondary N) is 1. The second kappa shape index (κ2) is 6.99. The molecule has 0 unspecified atom stereocenters. The predicted molar refractivity (Wildman–Crippen MR) is 74.2 cm³/mol. The van der Waals surface area contributed by atoms with Gasteiger partial charge < -0.3 is 10.2 Å². The molecule has 0 spiro atoms. The fraction of sp³-hybridized carbons (Fsp3) is 0.417. The Bertz CT molecular complexity index is 398. The molecule has 94 valence electrons. The minimum Gasteiger partial charge on any atom is -0.345 e. The van der Waals surface area contributed by atoms with Gasteiger partial charge in [0.1, 0.15) is 0 Å². The van der Waals surface area contributed by atoms with Gasteiger partial charge in [0.15, 0.2) is 0 Å². The van der Waals surface area contributed by atoms with Crippen molar-refractivity contribution < 1.29 is 4.79 Å². The van der Waals surface area contributed by atoms with E-state index in [0.29, 0.717) is 18.1 Å². The SMILES string of the molecule is CCN(C)C(=O)CNCc1ccc(Br)c(Cl)c1. The van der Waals surface area contributed by atoms with Crippen LogP contribution in [0.5, 0.6) is 0 Å². The molecule has 0 saturated heterocycles. The first kappa shape index (κ1) is 14.5. The van der Waals surface area contributed by atoms with Crippen molar-refractivity contribution in [2.75, 3.05) is 20.1 Å². The molecule has 3 nitrogen and oxygen atoms in total. The fourth-order valence-corrected chi connectivity index (χ4v) is 1.72. The zero-order chi connectivity index (χ0) is 12.8. The molecule has 0 bridgehead atoms. The molecule has 17 heavy (non-hydrogen) atoms. The van der Waals surface area contributed by atoms with Gasteiger partial charge in [-0.3, -0.25) is 4.79 Å². The predicted octanol–water partition coefficient (Wildman–Crippen LogP) is 2.67. The first-order valence-corrected chi connectivity index (χ1v) is 6.60. The van der Waals surface area contributed by atoms with Crippen LogP contribution in [0.3, 0.4) is 0 Å². The summed E-state index contributed by atoms with van der Waals surface area (Å²) in [6.45, 7) is 3.66. The molecular weight excluding hydrogens is 304 g/mol. The van der Waals surface area contributed by atoms with E-state index >= 15 is 0 Å². The standard InChI is InChI=1S/C12H16BrClN2O/c1-3-16(2)12(17)8-15-7-9-4-5-10(13)11(14)6-9/h4-6,15H,3,7-8H2,1-2H3. The van der Waals surface area contributed by atoms with E-state index < -0.39 is 0 Å². The molecule has 1 aromatic carbocycles. The van der Waals surface area contributed by atoms with E-state index in [4.69, 9.17) is 11.6 Å². The zero-order valence-corrected chi connectivity index (χ0v) is 12.3. The van der Waals surface area contributed by atoms with Gasteiger partial charge in [-0.25, -0.2) is 0 Å². The van der Waals surface area contributed by atoms with Crippen LogP contribution in [0.25, 0.3) is 0 Å². The summed E-state index contributed by atoms with van der Waals surface area (Å²) in [5.41, 5.74) is 1.06. The summed E-state index contributed by atoms with van der Waals surface area (Å²) in [5, 5.41) is 3.78. The summed E-state index contributed by atoms with van der Waals surface area (Å²) >= 11 is 9.31. The first-order valence-electron chi connectivity index (χ1n) is 5.43. The van der Waals surface area contributed by atoms with Gasteiger partial charge in [0.05, 0.1) is 11.6 Å². The molecule has 1 rings (SSSR count). The fourth-order valence-electron chi connectivity index (χ4n) is 1.27. The van der Waals surface area contributed by atoms with E-state index in [2.05, 4.69) is 21.2 Å². The van der Waals surface area contributed by atoms with Crippen molar-refractivity contribution in [3.8, 4) is 0 Å². The number of hydrogen-bond acceptors (Lipinski definition) is 2. The monoisotopic (exact) mass is 318 g/mol. The number of carbonyl (C=O) groups excluding carboxylic acids is 1. The van der Waals surface area contributed by atoms with Crippen LogP contribution in [0.15, 0.2) is 22.7 Å². The van der Waals surface area contributed by atoms with Crippen molar-refractivity contribution in [1.82, 2.24) is 10.2 Å². The molecule has 0 heterocycles. The molecule has 0 radical (unpaired) electrons. The molecule has 0 saturated carbocycles. The third-order valence-corrected chi connectivity index (χ3v) is 3.72. The Morgan fingerprint density at radius 2 is 2.24 bits per heavy atom. The Kier molecular flexibility index (Phi) is 5.95. The number of halogens is 2. The summed E-state index contributed by atoms with van der Waals surface area (Å²) in [7, 11) is 1.79. The molecule has 5 heteroatoms. The number of likely N-dealkylation sites (N-methyl/N-ethyl adjacent to an activating group) is 1. The van der Waals surface area contributed by atoms with E-state index in [-0.39, 0.29) is 5.91 Å². The van der Waals surface area contributed by atoms with Crippen LogP contribution in [-0.2, 0) is 11.3 Å². The highest BCUT2D eigenvalue weighted by molar-refractivity contribution is 9.10. The van der Waals surface area contributed by atoms with Gasteiger partial charge in [-0.2, -0.15) is 0 Å². The van der Waals surface area contributed by atoms with Gasteiger partial charge in [-0.1, -0.05) is 17.7 Å². The Morgan fingerprint density at radius 3 is 2.82 bits per heavy atom. The molecule has 0 atom stereocenters. The maximum Gasteiger partial charge on any atom is 0.236 e. The van der Waals surface area contributed by atoms with E-state index in [1.807, 2.05) is 25.1 Å². The molecule has 0 aliphatic rings. The number of benzene rings is 1. The number of carbonyl (C=O) groups is 1. The smallest absolute Gasteiger partial charge is 0.236 e. The van der Waals surface area contributed by atoms with Gasteiger partial charge in [0.2, 0.25) is 5.91 Å². The third kappa shape index (κ3) is 4.66. The maximum absolute atomic E-state index is 11.5. The van der Waals surface area contributed by atoms with Gasteiger partial charge in [-0.15, -0.1) is 0 Å². The molecular formula is C12H16BrClN2O. The van der Waals surface area contributed by atoms with Crippen molar-refractivity contribution in [3.63, 3.8) is 0 Å². The molecule has 0 aliphatic heterocycles. The quantitative estimate of drug-likeness (QED) is 0.905. The van der Waals surface area contributed by atoms with Crippen molar-refractivity contribution in [1.29, 1.82) is 0 Å². The Morgan fingerprint density at radius 1 is 1.53 bits per heavy atom. The van der Waals surface area contributed by atoms with Gasteiger partial charge in [0.25, 0.3) is 0 Å². The van der Waals surface area contributed by atoms with Crippen molar-refractivity contribution >= 4 is 33.4 Å². The lowest BCUT2D eigenvalue weighted by Gasteiger charge is -2.14. The number of amides is 1. The van der Waals surface area contributed by atoms with Crippen LogP contribution in [0, 0.1) is 0 Å². The summed E-state index contributed by atoms with van der Waals surface area (Å²) in [6, 6.07) is 5.75. The lowest BCUT2D eigenvalue weighted by atomic mass is 10.2. The summed E-state index contributed by atoms with van der Waals surface area (Å²) in [6.07, 6.45) is 0. The molecule has 1 amide bonds. The Hall–Kier alpha value is -0.580. The normalized spacial score (nSPS) is 10.4. The minimum atomic E-state index is 0.0932. The lowest BCUT2D eigenvalue weighted by molar-refractivity contribution is -0.128. The molecule has 0 aliphatic carbocycles. The third-order valence-electron chi connectivity index (χ3n) is 2.49. The van der Waals surface area contributed by atoms with Crippen LogP contribution in [-0.4, -0.2) is 30.9 Å². The van der Waals surface area contributed by atoms with Crippen molar-refractivity contribution in [2.45, 2.75) is 13.5 Å². The molecule has 1 N–H and O–H groups in total. The second-order valence-corrected chi connectivity index (χ2v) is 5.02. The minimum absolute atomic E-state index is 0.0932. The average Bonchev–Trinajstić information content (AvgIpc) is 2.32. The largest absolute Gasteiger partial charge is 0.345 e. The van der Waals surface area contributed by atoms with Crippen molar-refractivity contribution in [3.05, 3.63) is 33.3 Å². The molecule has 0 fully saturated rings. The summed E-state index contributed by atoms with van der Waals surface area (Å²) < 4.78 is 0.879. The van der Waals surface area contributed by atoms with Crippen molar-refractivity contribution in [2.24, 2.45) is 0 Å². The average molecular weight is 320 g/mol. The zero-order valence-electron chi connectivity index (χ0n) is 9.96. The highest BCUT2D eigenvalue weighted by atomic mass is 79.9. The van der Waals surface area contributed by atoms with Crippen LogP contribution in [0.2, 0.25) is 5.02 Å². The topological polar surface area (TPSA) is 32.3 Å². The highest BCUT2D eigenvalue weighted by Gasteiger charge is 2.05.